The van der Waals surface area contributed by atoms with E-state index >= 15 is 0 Å². The zero-order valence-corrected chi connectivity index (χ0v) is 12.6. The van der Waals surface area contributed by atoms with Crippen molar-refractivity contribution >= 4 is 24.4 Å². The molecule has 0 aliphatic rings. The smallest absolute Gasteiger partial charge is 0.303 e. The minimum Gasteiger partial charge on any atom is -0.481 e. The number of H-pyrrole nitrogens is 1. The molecule has 7 nitrogen and oxygen atoms in total. The van der Waals surface area contributed by atoms with Crippen LogP contribution in [0.3, 0.4) is 0 Å². The van der Waals surface area contributed by atoms with Crippen LogP contribution < -0.4 is 5.56 Å². The third-order valence-corrected chi connectivity index (χ3v) is 3.26. The molecule has 0 bridgehead atoms. The van der Waals surface area contributed by atoms with Gasteiger partial charge in [0.25, 0.3) is 5.56 Å². The summed E-state index contributed by atoms with van der Waals surface area (Å²) in [5.74, 6) is -1.00. The monoisotopic (exact) mass is 318 g/mol. The van der Waals surface area contributed by atoms with Crippen LogP contribution in [0.5, 0.6) is 0 Å². The number of carboxylic acid groups (broad SMARTS) is 1. The van der Waals surface area contributed by atoms with Crippen LogP contribution in [0.4, 0.5) is 0 Å². The molecule has 2 N–H and O–H groups in total. The van der Waals surface area contributed by atoms with Gasteiger partial charge in [-0.15, -0.1) is 0 Å². The van der Waals surface area contributed by atoms with Gasteiger partial charge in [-0.05, 0) is 30.3 Å². The van der Waals surface area contributed by atoms with E-state index in [9.17, 15) is 9.59 Å². The standard InChI is InChI=1S/C14H14N4O3S/c1-9-4-2-3-5-10(9)8-15-18-13(21)11(6-7-12(19)20)16-17-14(18)22/h2-5,8H,6-7H2,1H3,(H,17,22)(H,19,20)/b15-8-. The maximum absolute atomic E-state index is 12.2. The van der Waals surface area contributed by atoms with E-state index in [0.717, 1.165) is 15.8 Å². The van der Waals surface area contributed by atoms with Gasteiger partial charge in [0.2, 0.25) is 4.77 Å². The summed E-state index contributed by atoms with van der Waals surface area (Å²) in [6.07, 6.45) is 1.36. The zero-order chi connectivity index (χ0) is 16.1. The molecule has 0 aliphatic carbocycles. The van der Waals surface area contributed by atoms with Gasteiger partial charge in [-0.25, -0.2) is 0 Å². The molecule has 0 amide bonds. The molecule has 0 saturated heterocycles. The number of aromatic amines is 1. The number of nitrogens with zero attached hydrogens (tertiary/aromatic N) is 3. The van der Waals surface area contributed by atoms with Crippen LogP contribution >= 0.6 is 12.2 Å². The second-order valence-electron chi connectivity index (χ2n) is 4.59. The lowest BCUT2D eigenvalue weighted by molar-refractivity contribution is -0.136. The average Bonchev–Trinajstić information content (AvgIpc) is 2.48. The van der Waals surface area contributed by atoms with Crippen molar-refractivity contribution in [1.82, 2.24) is 14.9 Å². The molecular formula is C14H14N4O3S. The predicted molar refractivity (Wildman–Crippen MR) is 83.8 cm³/mol. The fraction of sp³-hybridized carbons (Fsp3) is 0.214. The van der Waals surface area contributed by atoms with E-state index in [1.807, 2.05) is 31.2 Å². The van der Waals surface area contributed by atoms with Crippen LogP contribution in [-0.4, -0.2) is 32.2 Å². The van der Waals surface area contributed by atoms with E-state index in [2.05, 4.69) is 15.3 Å². The number of aromatic nitrogens is 3. The minimum absolute atomic E-state index is 0.0141. The Morgan fingerprint density at radius 3 is 2.91 bits per heavy atom. The van der Waals surface area contributed by atoms with Crippen LogP contribution in [0.1, 0.15) is 23.2 Å². The van der Waals surface area contributed by atoms with Gasteiger partial charge in [-0.1, -0.05) is 24.3 Å². The normalized spacial score (nSPS) is 11.0. The van der Waals surface area contributed by atoms with Crippen molar-refractivity contribution in [2.75, 3.05) is 0 Å². The molecule has 0 spiro atoms. The molecule has 0 unspecified atom stereocenters. The highest BCUT2D eigenvalue weighted by atomic mass is 32.1. The maximum atomic E-state index is 12.2. The summed E-state index contributed by atoms with van der Waals surface area (Å²) in [7, 11) is 0. The molecule has 8 heteroatoms. The van der Waals surface area contributed by atoms with Crippen molar-refractivity contribution in [2.24, 2.45) is 5.10 Å². The molecule has 0 aliphatic heterocycles. The molecule has 1 aromatic heterocycles. The summed E-state index contributed by atoms with van der Waals surface area (Å²) >= 11 is 5.00. The second-order valence-corrected chi connectivity index (χ2v) is 4.97. The zero-order valence-electron chi connectivity index (χ0n) is 11.8. The number of carboxylic acids is 1. The number of aryl methyl sites for hydroxylation is 2. The van der Waals surface area contributed by atoms with E-state index in [0.29, 0.717) is 0 Å². The molecule has 2 aromatic rings. The van der Waals surface area contributed by atoms with E-state index in [4.69, 9.17) is 17.3 Å². The number of hydrogen-bond donors (Lipinski definition) is 2. The summed E-state index contributed by atoms with van der Waals surface area (Å²) in [4.78, 5) is 22.8. The highest BCUT2D eigenvalue weighted by molar-refractivity contribution is 7.71. The molecule has 0 radical (unpaired) electrons. The van der Waals surface area contributed by atoms with Gasteiger partial charge in [0.05, 0.1) is 12.6 Å². The first-order valence-electron chi connectivity index (χ1n) is 6.51. The van der Waals surface area contributed by atoms with E-state index in [1.165, 1.54) is 6.21 Å². The average molecular weight is 318 g/mol. The molecule has 0 fully saturated rings. The molecule has 114 valence electrons. The summed E-state index contributed by atoms with van der Waals surface area (Å²) < 4.78 is 1.06. The Hall–Kier alpha value is -2.61. The van der Waals surface area contributed by atoms with Crippen molar-refractivity contribution in [3.63, 3.8) is 0 Å². The lowest BCUT2D eigenvalue weighted by Crippen LogP contribution is -2.25. The van der Waals surface area contributed by atoms with Crippen LogP contribution in [0.25, 0.3) is 0 Å². The third kappa shape index (κ3) is 3.73. The number of aliphatic carboxylic acids is 1. The van der Waals surface area contributed by atoms with Crippen molar-refractivity contribution in [3.8, 4) is 0 Å². The van der Waals surface area contributed by atoms with Crippen LogP contribution in [0.15, 0.2) is 34.2 Å². The van der Waals surface area contributed by atoms with Gasteiger partial charge in [-0.3, -0.25) is 14.7 Å². The molecule has 22 heavy (non-hydrogen) atoms. The number of carbonyl (C=O) groups is 1. The first-order valence-corrected chi connectivity index (χ1v) is 6.92. The summed E-state index contributed by atoms with van der Waals surface area (Å²) in [6, 6.07) is 7.56. The maximum Gasteiger partial charge on any atom is 0.303 e. The highest BCUT2D eigenvalue weighted by Crippen LogP contribution is 2.03. The molecule has 1 heterocycles. The first-order chi connectivity index (χ1) is 10.5. The van der Waals surface area contributed by atoms with Crippen LogP contribution in [0.2, 0.25) is 0 Å². The third-order valence-electron chi connectivity index (χ3n) is 2.99. The molecule has 0 atom stereocenters. The van der Waals surface area contributed by atoms with Crippen molar-refractivity contribution in [3.05, 3.63) is 56.2 Å². The SMILES string of the molecule is Cc1ccccc1/C=N\n1c(=S)[nH]nc(CCC(=O)O)c1=O. The molecular weight excluding hydrogens is 304 g/mol. The van der Waals surface area contributed by atoms with Crippen LogP contribution in [-0.2, 0) is 11.2 Å². The number of nitrogens with one attached hydrogen (secondary N) is 1. The first kappa shape index (κ1) is 15.8. The minimum atomic E-state index is -1.00. The molecule has 1 aromatic carbocycles. The number of rotatable bonds is 5. The lowest BCUT2D eigenvalue weighted by Gasteiger charge is -2.02. The lowest BCUT2D eigenvalue weighted by atomic mass is 10.1. The van der Waals surface area contributed by atoms with Gasteiger partial charge in [0.15, 0.2) is 0 Å². The summed E-state index contributed by atoms with van der Waals surface area (Å²) in [6.45, 7) is 1.93. The largest absolute Gasteiger partial charge is 0.481 e. The van der Waals surface area contributed by atoms with Crippen molar-refractivity contribution in [2.45, 2.75) is 19.8 Å². The fourth-order valence-electron chi connectivity index (χ4n) is 1.77. The molecule has 0 saturated carbocycles. The Morgan fingerprint density at radius 1 is 1.50 bits per heavy atom. The second kappa shape index (κ2) is 6.90. The Morgan fingerprint density at radius 2 is 2.23 bits per heavy atom. The summed E-state index contributed by atoms with van der Waals surface area (Å²) in [5.41, 5.74) is 1.43. The van der Waals surface area contributed by atoms with Gasteiger partial charge in [0.1, 0.15) is 5.69 Å². The number of benzene rings is 1. The van der Waals surface area contributed by atoms with Crippen molar-refractivity contribution < 1.29 is 9.90 Å². The Kier molecular flexibility index (Phi) is 4.95. The van der Waals surface area contributed by atoms with Gasteiger partial charge in [0, 0.05) is 6.42 Å². The quantitative estimate of drug-likeness (QED) is 0.643. The van der Waals surface area contributed by atoms with Gasteiger partial charge in [-0.2, -0.15) is 14.9 Å². The molecule has 2 rings (SSSR count). The topological polar surface area (TPSA) is 100 Å². The Bertz CT molecular complexity index is 838. The van der Waals surface area contributed by atoms with E-state index in [1.54, 1.807) is 0 Å². The van der Waals surface area contributed by atoms with Crippen molar-refractivity contribution in [1.29, 1.82) is 0 Å². The van der Waals surface area contributed by atoms with Crippen LogP contribution in [0, 0.1) is 11.7 Å². The van der Waals surface area contributed by atoms with Gasteiger partial charge < -0.3 is 5.11 Å². The highest BCUT2D eigenvalue weighted by Gasteiger charge is 2.08. The number of hydrogen-bond acceptors (Lipinski definition) is 5. The van der Waals surface area contributed by atoms with E-state index < -0.39 is 11.5 Å². The predicted octanol–water partition coefficient (Wildman–Crippen LogP) is 1.51. The van der Waals surface area contributed by atoms with Gasteiger partial charge >= 0.3 is 5.97 Å². The van der Waals surface area contributed by atoms with E-state index in [-0.39, 0.29) is 23.3 Å². The Balaban J connectivity index is 2.37. The Labute approximate surface area is 130 Å². The summed E-state index contributed by atoms with van der Waals surface area (Å²) in [5, 5.41) is 19.0. The fourth-order valence-corrected chi connectivity index (χ4v) is 1.95.